The lowest BCUT2D eigenvalue weighted by atomic mass is 10.2. The van der Waals surface area contributed by atoms with E-state index in [1.807, 2.05) is 63.2 Å². The van der Waals surface area contributed by atoms with Crippen molar-refractivity contribution >= 4 is 23.2 Å². The summed E-state index contributed by atoms with van der Waals surface area (Å²) in [4.78, 5) is 12.0. The molecule has 0 aliphatic heterocycles. The first-order chi connectivity index (χ1) is 11.4. The highest BCUT2D eigenvalue weighted by Crippen LogP contribution is 2.19. The summed E-state index contributed by atoms with van der Waals surface area (Å²) >= 11 is 5.97. The number of hydrogen-bond donors (Lipinski definition) is 2. The van der Waals surface area contributed by atoms with Gasteiger partial charge in [-0.15, -0.1) is 0 Å². The van der Waals surface area contributed by atoms with Gasteiger partial charge in [0, 0.05) is 17.3 Å². The van der Waals surface area contributed by atoms with Gasteiger partial charge in [0.25, 0.3) is 0 Å². The topological polar surface area (TPSA) is 50.4 Å². The molecule has 1 amide bonds. The van der Waals surface area contributed by atoms with Crippen molar-refractivity contribution in [2.24, 2.45) is 0 Å². The van der Waals surface area contributed by atoms with E-state index in [2.05, 4.69) is 10.6 Å². The number of hydrogen-bond acceptors (Lipinski definition) is 3. The van der Waals surface area contributed by atoms with Crippen LogP contribution in [-0.2, 0) is 11.3 Å². The van der Waals surface area contributed by atoms with Gasteiger partial charge in [0.1, 0.15) is 5.75 Å². The highest BCUT2D eigenvalue weighted by molar-refractivity contribution is 6.30. The van der Waals surface area contributed by atoms with Crippen LogP contribution in [0.2, 0.25) is 5.02 Å². The summed E-state index contributed by atoms with van der Waals surface area (Å²) in [6.45, 7) is 6.63. The molecule has 0 unspecified atom stereocenters. The molecule has 0 fully saturated rings. The summed E-state index contributed by atoms with van der Waals surface area (Å²) in [6, 6.07) is 13.3. The molecule has 0 saturated carbocycles. The molecule has 4 nitrogen and oxygen atoms in total. The molecule has 0 atom stereocenters. The van der Waals surface area contributed by atoms with Crippen molar-refractivity contribution in [2.75, 3.05) is 11.9 Å². The largest absolute Gasteiger partial charge is 0.491 e. The van der Waals surface area contributed by atoms with Gasteiger partial charge < -0.3 is 15.4 Å². The van der Waals surface area contributed by atoms with Gasteiger partial charge in [-0.25, -0.2) is 0 Å². The van der Waals surface area contributed by atoms with Crippen LogP contribution in [0.25, 0.3) is 0 Å². The molecule has 0 saturated heterocycles. The molecule has 0 aromatic heterocycles. The van der Waals surface area contributed by atoms with Gasteiger partial charge in [0.2, 0.25) is 5.91 Å². The van der Waals surface area contributed by atoms with Gasteiger partial charge >= 0.3 is 0 Å². The second-order valence-corrected chi connectivity index (χ2v) is 6.34. The molecule has 2 aromatic carbocycles. The third kappa shape index (κ3) is 5.78. The van der Waals surface area contributed by atoms with Gasteiger partial charge in [-0.1, -0.05) is 29.8 Å². The molecule has 0 bridgehead atoms. The van der Waals surface area contributed by atoms with E-state index in [-0.39, 0.29) is 18.6 Å². The molecule has 0 heterocycles. The van der Waals surface area contributed by atoms with Crippen molar-refractivity contribution in [1.29, 1.82) is 0 Å². The SMILES string of the molecule is Cc1ccc(Cl)cc1NCC(=O)NCc1ccc(OC(C)C)cc1. The summed E-state index contributed by atoms with van der Waals surface area (Å²) in [5.74, 6) is 0.759. The molecule has 2 N–H and O–H groups in total. The Labute approximate surface area is 148 Å². The highest BCUT2D eigenvalue weighted by atomic mass is 35.5. The molecule has 24 heavy (non-hydrogen) atoms. The monoisotopic (exact) mass is 346 g/mol. The zero-order chi connectivity index (χ0) is 17.5. The Balaban J connectivity index is 1.79. The van der Waals surface area contributed by atoms with E-state index in [9.17, 15) is 4.79 Å². The zero-order valence-electron chi connectivity index (χ0n) is 14.2. The third-order valence-electron chi connectivity index (χ3n) is 3.42. The Kier molecular flexibility index (Phi) is 6.50. The lowest BCUT2D eigenvalue weighted by Gasteiger charge is -2.12. The molecule has 2 aromatic rings. The minimum absolute atomic E-state index is 0.0723. The molecule has 5 heteroatoms. The fraction of sp³-hybridized carbons (Fsp3) is 0.316. The first-order valence-corrected chi connectivity index (χ1v) is 8.34. The number of anilines is 1. The summed E-state index contributed by atoms with van der Waals surface area (Å²) in [5.41, 5.74) is 2.94. The molecule has 128 valence electrons. The predicted molar refractivity (Wildman–Crippen MR) is 98.7 cm³/mol. The van der Waals surface area contributed by atoms with E-state index in [0.717, 1.165) is 22.6 Å². The van der Waals surface area contributed by atoms with Crippen LogP contribution in [0.1, 0.15) is 25.0 Å². The number of carbonyl (C=O) groups excluding carboxylic acids is 1. The summed E-state index contributed by atoms with van der Waals surface area (Å²) < 4.78 is 5.60. The van der Waals surface area contributed by atoms with E-state index in [4.69, 9.17) is 16.3 Å². The number of amides is 1. The van der Waals surface area contributed by atoms with Crippen molar-refractivity contribution in [3.05, 3.63) is 58.6 Å². The first-order valence-electron chi connectivity index (χ1n) is 7.96. The van der Waals surface area contributed by atoms with Crippen LogP contribution in [0, 0.1) is 6.92 Å². The van der Waals surface area contributed by atoms with E-state index < -0.39 is 0 Å². The lowest BCUT2D eigenvalue weighted by Crippen LogP contribution is -2.29. The van der Waals surface area contributed by atoms with Crippen LogP contribution in [0.15, 0.2) is 42.5 Å². The van der Waals surface area contributed by atoms with Crippen LogP contribution in [0.3, 0.4) is 0 Å². The van der Waals surface area contributed by atoms with E-state index in [1.54, 1.807) is 0 Å². The number of halogens is 1. The molecule has 0 radical (unpaired) electrons. The van der Waals surface area contributed by atoms with E-state index in [1.165, 1.54) is 0 Å². The number of nitrogens with one attached hydrogen (secondary N) is 2. The summed E-state index contributed by atoms with van der Waals surface area (Å²) in [5, 5.41) is 6.64. The second-order valence-electron chi connectivity index (χ2n) is 5.90. The fourth-order valence-electron chi connectivity index (χ4n) is 2.18. The van der Waals surface area contributed by atoms with Crippen LogP contribution in [0.5, 0.6) is 5.75 Å². The van der Waals surface area contributed by atoms with Gasteiger partial charge in [0.05, 0.1) is 12.6 Å². The Morgan fingerprint density at radius 3 is 2.54 bits per heavy atom. The highest BCUT2D eigenvalue weighted by Gasteiger charge is 2.04. The smallest absolute Gasteiger partial charge is 0.239 e. The van der Waals surface area contributed by atoms with Gasteiger partial charge in [-0.3, -0.25) is 4.79 Å². The average molecular weight is 347 g/mol. The first kappa shape index (κ1) is 18.1. The van der Waals surface area contributed by atoms with Crippen molar-refractivity contribution in [3.8, 4) is 5.75 Å². The summed E-state index contributed by atoms with van der Waals surface area (Å²) in [7, 11) is 0. The molecule has 2 rings (SSSR count). The van der Waals surface area contributed by atoms with Crippen molar-refractivity contribution in [1.82, 2.24) is 5.32 Å². The predicted octanol–water partition coefficient (Wildman–Crippen LogP) is 4.16. The molecular formula is C19H23ClN2O2. The van der Waals surface area contributed by atoms with Gasteiger partial charge in [0.15, 0.2) is 0 Å². The normalized spacial score (nSPS) is 10.5. The van der Waals surface area contributed by atoms with E-state index in [0.29, 0.717) is 11.6 Å². The number of rotatable bonds is 7. The number of ether oxygens (including phenoxy) is 1. The minimum atomic E-state index is -0.0723. The molecule has 0 spiro atoms. The number of carbonyl (C=O) groups is 1. The maximum atomic E-state index is 12.0. The van der Waals surface area contributed by atoms with Crippen LogP contribution < -0.4 is 15.4 Å². The van der Waals surface area contributed by atoms with Crippen molar-refractivity contribution < 1.29 is 9.53 Å². The minimum Gasteiger partial charge on any atom is -0.491 e. The molecule has 0 aliphatic carbocycles. The Morgan fingerprint density at radius 1 is 1.17 bits per heavy atom. The third-order valence-corrected chi connectivity index (χ3v) is 3.66. The van der Waals surface area contributed by atoms with E-state index >= 15 is 0 Å². The molecular weight excluding hydrogens is 324 g/mol. The lowest BCUT2D eigenvalue weighted by molar-refractivity contribution is -0.119. The Morgan fingerprint density at radius 2 is 1.88 bits per heavy atom. The van der Waals surface area contributed by atoms with Crippen molar-refractivity contribution in [3.63, 3.8) is 0 Å². The maximum Gasteiger partial charge on any atom is 0.239 e. The molecule has 0 aliphatic rings. The summed E-state index contributed by atoms with van der Waals surface area (Å²) in [6.07, 6.45) is 0.150. The van der Waals surface area contributed by atoms with Crippen LogP contribution in [0.4, 0.5) is 5.69 Å². The standard InChI is InChI=1S/C19H23ClN2O2/c1-13(2)24-17-8-5-15(6-9-17)11-22-19(23)12-21-18-10-16(20)7-4-14(18)3/h4-10,13,21H,11-12H2,1-3H3,(H,22,23). The zero-order valence-corrected chi connectivity index (χ0v) is 15.0. The average Bonchev–Trinajstić information content (AvgIpc) is 2.54. The Bertz CT molecular complexity index is 684. The van der Waals surface area contributed by atoms with Gasteiger partial charge in [-0.2, -0.15) is 0 Å². The fourth-order valence-corrected chi connectivity index (χ4v) is 2.35. The Hall–Kier alpha value is -2.20. The maximum absolute atomic E-state index is 12.0. The van der Waals surface area contributed by atoms with Crippen molar-refractivity contribution in [2.45, 2.75) is 33.4 Å². The second kappa shape index (κ2) is 8.60. The van der Waals surface area contributed by atoms with Crippen LogP contribution >= 0.6 is 11.6 Å². The van der Waals surface area contributed by atoms with Crippen LogP contribution in [-0.4, -0.2) is 18.6 Å². The van der Waals surface area contributed by atoms with Gasteiger partial charge in [-0.05, 0) is 56.2 Å². The number of benzene rings is 2. The quantitative estimate of drug-likeness (QED) is 0.791. The number of aryl methyl sites for hydroxylation is 1.